The van der Waals surface area contributed by atoms with Crippen LogP contribution in [0.1, 0.15) is 50.2 Å². The third-order valence-electron chi connectivity index (χ3n) is 5.13. The highest BCUT2D eigenvalue weighted by Crippen LogP contribution is 2.30. The van der Waals surface area contributed by atoms with Gasteiger partial charge in [0.2, 0.25) is 5.89 Å². The molecule has 1 N–H and O–H groups in total. The van der Waals surface area contributed by atoms with E-state index >= 15 is 0 Å². The van der Waals surface area contributed by atoms with Crippen molar-refractivity contribution in [3.8, 4) is 0 Å². The number of nitrogens with zero attached hydrogens (tertiary/aromatic N) is 4. The van der Waals surface area contributed by atoms with Crippen LogP contribution in [-0.2, 0) is 6.54 Å². The Labute approximate surface area is 132 Å². The van der Waals surface area contributed by atoms with Crippen LogP contribution >= 0.6 is 0 Å². The fraction of sp³-hybridized carbons (Fsp3) is 0.875. The molecule has 0 amide bonds. The molecule has 1 aromatic heterocycles. The minimum atomic E-state index is -0.448. The molecular weight excluding hydrogens is 280 g/mol. The Bertz CT molecular complexity index is 484. The second-order valence-electron chi connectivity index (χ2n) is 7.11. The fourth-order valence-electron chi connectivity index (χ4n) is 3.86. The van der Waals surface area contributed by atoms with Crippen molar-refractivity contribution in [1.82, 2.24) is 19.9 Å². The van der Waals surface area contributed by atoms with Crippen LogP contribution in [-0.4, -0.2) is 63.4 Å². The van der Waals surface area contributed by atoms with E-state index < -0.39 is 5.60 Å². The molecule has 2 fully saturated rings. The quantitative estimate of drug-likeness (QED) is 0.891. The Morgan fingerprint density at radius 1 is 1.36 bits per heavy atom. The molecular formula is C16H28N4O2. The van der Waals surface area contributed by atoms with Gasteiger partial charge in [-0.25, -0.2) is 0 Å². The van der Waals surface area contributed by atoms with Crippen LogP contribution in [0.3, 0.4) is 0 Å². The summed E-state index contributed by atoms with van der Waals surface area (Å²) >= 11 is 0. The van der Waals surface area contributed by atoms with E-state index in [4.69, 9.17) is 4.52 Å². The van der Waals surface area contributed by atoms with Gasteiger partial charge in [-0.3, -0.25) is 9.80 Å². The van der Waals surface area contributed by atoms with Crippen molar-refractivity contribution < 1.29 is 9.63 Å². The predicted octanol–water partition coefficient (Wildman–Crippen LogP) is 1.58. The summed E-state index contributed by atoms with van der Waals surface area (Å²) in [6.07, 6.45) is 6.69. The number of hydrogen-bond acceptors (Lipinski definition) is 6. The van der Waals surface area contributed by atoms with Crippen molar-refractivity contribution in [2.24, 2.45) is 0 Å². The monoisotopic (exact) mass is 308 g/mol. The standard InChI is InChI=1S/C16H28N4O2/c1-13-17-15(18-22-13)11-19(2)14-6-9-20(10-14)12-16(21)7-4-3-5-8-16/h14,21H,3-12H2,1-2H3. The van der Waals surface area contributed by atoms with Crippen molar-refractivity contribution in [2.75, 3.05) is 26.7 Å². The summed E-state index contributed by atoms with van der Waals surface area (Å²) in [5.41, 5.74) is -0.448. The van der Waals surface area contributed by atoms with E-state index in [9.17, 15) is 5.11 Å². The zero-order valence-corrected chi connectivity index (χ0v) is 13.8. The molecule has 22 heavy (non-hydrogen) atoms. The maximum atomic E-state index is 10.7. The zero-order chi connectivity index (χ0) is 15.6. The molecule has 3 rings (SSSR count). The van der Waals surface area contributed by atoms with Gasteiger partial charge in [-0.1, -0.05) is 24.4 Å². The minimum Gasteiger partial charge on any atom is -0.389 e. The van der Waals surface area contributed by atoms with Crippen LogP contribution in [0.4, 0.5) is 0 Å². The van der Waals surface area contributed by atoms with Crippen LogP contribution in [0.2, 0.25) is 0 Å². The Kier molecular flexibility index (Phi) is 4.80. The lowest BCUT2D eigenvalue weighted by atomic mass is 9.84. The van der Waals surface area contributed by atoms with Crippen LogP contribution in [0.5, 0.6) is 0 Å². The number of aliphatic hydroxyl groups is 1. The van der Waals surface area contributed by atoms with Gasteiger partial charge in [0.05, 0.1) is 12.1 Å². The van der Waals surface area contributed by atoms with Crippen LogP contribution in [0, 0.1) is 6.92 Å². The van der Waals surface area contributed by atoms with Crippen molar-refractivity contribution in [3.63, 3.8) is 0 Å². The molecule has 6 heteroatoms. The third-order valence-corrected chi connectivity index (χ3v) is 5.13. The molecule has 2 aliphatic rings. The highest BCUT2D eigenvalue weighted by atomic mass is 16.5. The first-order valence-corrected chi connectivity index (χ1v) is 8.48. The molecule has 0 aromatic carbocycles. The van der Waals surface area contributed by atoms with Gasteiger partial charge < -0.3 is 9.63 Å². The molecule has 1 unspecified atom stereocenters. The average molecular weight is 308 g/mol. The molecule has 0 radical (unpaired) electrons. The maximum Gasteiger partial charge on any atom is 0.223 e. The lowest BCUT2D eigenvalue weighted by Crippen LogP contribution is -2.44. The second kappa shape index (κ2) is 6.64. The van der Waals surface area contributed by atoms with Crippen molar-refractivity contribution in [3.05, 3.63) is 11.7 Å². The lowest BCUT2D eigenvalue weighted by molar-refractivity contribution is -0.0225. The Hall–Kier alpha value is -0.980. The Balaban J connectivity index is 1.49. The SMILES string of the molecule is Cc1nc(CN(C)C2CCN(CC3(O)CCCCC3)C2)no1. The predicted molar refractivity (Wildman–Crippen MR) is 83.4 cm³/mol. The minimum absolute atomic E-state index is 0.448. The summed E-state index contributed by atoms with van der Waals surface area (Å²) in [6.45, 7) is 5.47. The van der Waals surface area contributed by atoms with E-state index in [2.05, 4.69) is 27.0 Å². The molecule has 1 atom stereocenters. The summed E-state index contributed by atoms with van der Waals surface area (Å²) < 4.78 is 5.03. The Morgan fingerprint density at radius 3 is 2.82 bits per heavy atom. The highest BCUT2D eigenvalue weighted by Gasteiger charge is 2.35. The molecule has 1 saturated carbocycles. The van der Waals surface area contributed by atoms with Gasteiger partial charge in [-0.2, -0.15) is 4.98 Å². The van der Waals surface area contributed by atoms with E-state index in [1.54, 1.807) is 0 Å². The van der Waals surface area contributed by atoms with Gasteiger partial charge in [-0.05, 0) is 32.9 Å². The maximum absolute atomic E-state index is 10.7. The van der Waals surface area contributed by atoms with E-state index in [-0.39, 0.29) is 0 Å². The van der Waals surface area contributed by atoms with E-state index in [0.717, 1.165) is 51.3 Å². The summed E-state index contributed by atoms with van der Waals surface area (Å²) in [7, 11) is 2.12. The van der Waals surface area contributed by atoms with Crippen LogP contribution in [0.25, 0.3) is 0 Å². The molecule has 0 spiro atoms. The molecule has 0 bridgehead atoms. The molecule has 1 aromatic rings. The van der Waals surface area contributed by atoms with Gasteiger partial charge in [-0.15, -0.1) is 0 Å². The molecule has 1 saturated heterocycles. The van der Waals surface area contributed by atoms with Crippen molar-refractivity contribution in [2.45, 2.75) is 63.6 Å². The average Bonchev–Trinajstić information content (AvgIpc) is 3.08. The van der Waals surface area contributed by atoms with Gasteiger partial charge >= 0.3 is 0 Å². The summed E-state index contributed by atoms with van der Waals surface area (Å²) in [5.74, 6) is 1.38. The summed E-state index contributed by atoms with van der Waals surface area (Å²) in [6, 6.07) is 0.506. The largest absolute Gasteiger partial charge is 0.389 e. The van der Waals surface area contributed by atoms with E-state index in [0.29, 0.717) is 11.9 Å². The first kappa shape index (κ1) is 15.9. The topological polar surface area (TPSA) is 65.6 Å². The molecule has 124 valence electrons. The smallest absolute Gasteiger partial charge is 0.223 e. The van der Waals surface area contributed by atoms with Gasteiger partial charge in [0.25, 0.3) is 0 Å². The number of aromatic nitrogens is 2. The Morgan fingerprint density at radius 2 is 2.14 bits per heavy atom. The lowest BCUT2D eigenvalue weighted by Gasteiger charge is -2.35. The van der Waals surface area contributed by atoms with Gasteiger partial charge in [0.1, 0.15) is 0 Å². The number of aryl methyl sites for hydroxylation is 1. The van der Waals surface area contributed by atoms with Crippen molar-refractivity contribution in [1.29, 1.82) is 0 Å². The van der Waals surface area contributed by atoms with Crippen molar-refractivity contribution >= 4 is 0 Å². The molecule has 1 aliphatic carbocycles. The fourth-order valence-corrected chi connectivity index (χ4v) is 3.86. The number of likely N-dealkylation sites (N-methyl/N-ethyl adjacent to an activating group) is 1. The van der Waals surface area contributed by atoms with Gasteiger partial charge in [0.15, 0.2) is 5.82 Å². The molecule has 2 heterocycles. The first-order chi connectivity index (χ1) is 10.5. The number of β-amino-alcohol motifs (C(OH)–C–C–N with tert-alkyl or cyclic N) is 1. The van der Waals surface area contributed by atoms with E-state index in [1.165, 1.54) is 19.3 Å². The van der Waals surface area contributed by atoms with Crippen LogP contribution in [0.15, 0.2) is 4.52 Å². The third kappa shape index (κ3) is 3.86. The molecule has 6 nitrogen and oxygen atoms in total. The highest BCUT2D eigenvalue weighted by molar-refractivity contribution is 4.92. The number of rotatable bonds is 5. The summed E-state index contributed by atoms with van der Waals surface area (Å²) in [5, 5.41) is 14.7. The zero-order valence-electron chi connectivity index (χ0n) is 13.8. The first-order valence-electron chi connectivity index (χ1n) is 8.48. The summed E-state index contributed by atoms with van der Waals surface area (Å²) in [4.78, 5) is 9.00. The van der Waals surface area contributed by atoms with Crippen LogP contribution < -0.4 is 0 Å². The molecule has 1 aliphatic heterocycles. The van der Waals surface area contributed by atoms with Gasteiger partial charge in [0, 0.05) is 26.1 Å². The second-order valence-corrected chi connectivity index (χ2v) is 7.11. The normalized spacial score (nSPS) is 25.9. The number of likely N-dealkylation sites (tertiary alicyclic amines) is 1. The van der Waals surface area contributed by atoms with E-state index in [1.807, 2.05) is 6.92 Å². The number of hydrogen-bond donors (Lipinski definition) is 1.